The van der Waals surface area contributed by atoms with Crippen LogP contribution in [-0.2, 0) is 0 Å². The Hall–Kier alpha value is -5.20. The Morgan fingerprint density at radius 3 is 1.73 bits per heavy atom. The minimum Gasteiger partial charge on any atom is -0.0616 e. The molecule has 186 valence electrons. The van der Waals surface area contributed by atoms with E-state index >= 15 is 0 Å². The second kappa shape index (κ2) is 9.22. The summed E-state index contributed by atoms with van der Waals surface area (Å²) in [5, 5.41) is 5.78. The van der Waals surface area contributed by atoms with Gasteiger partial charge < -0.3 is 0 Å². The van der Waals surface area contributed by atoms with E-state index in [0.29, 0.717) is 5.56 Å². The minimum atomic E-state index is -0.463. The van der Waals surface area contributed by atoms with Crippen LogP contribution in [-0.4, -0.2) is 0 Å². The standard InChI is InChI=1S/C40H26/c1-2-13-29-25-31(24-23-27(29)11-1)30-15-9-16-32(26-30)39-35-18-5-7-20-37(35)40(38-21-8-6-19-36(38)39)34-22-10-14-28-12-3-4-17-33(28)34/h1-26H/i3D,4D,10D,12D,14D,17D,22D. The van der Waals surface area contributed by atoms with Crippen LogP contribution in [0.3, 0.4) is 0 Å². The first-order valence-corrected chi connectivity index (χ1v) is 13.3. The Bertz CT molecular complexity index is 2540. The van der Waals surface area contributed by atoms with Gasteiger partial charge in [0.05, 0.1) is 9.60 Å². The van der Waals surface area contributed by atoms with Crippen LogP contribution in [0.1, 0.15) is 9.60 Å². The van der Waals surface area contributed by atoms with Crippen molar-refractivity contribution in [3.05, 3.63) is 158 Å². The monoisotopic (exact) mass is 513 g/mol. The van der Waals surface area contributed by atoms with E-state index in [1.807, 2.05) is 60.7 Å². The average Bonchev–Trinajstić information content (AvgIpc) is 3.11. The maximum Gasteiger partial charge on any atom is 0.0629 e. The van der Waals surface area contributed by atoms with Gasteiger partial charge in [0.2, 0.25) is 0 Å². The van der Waals surface area contributed by atoms with Gasteiger partial charge in [-0.2, -0.15) is 0 Å². The number of rotatable bonds is 3. The van der Waals surface area contributed by atoms with E-state index in [4.69, 9.17) is 9.60 Å². The van der Waals surface area contributed by atoms with Crippen LogP contribution in [0.25, 0.3) is 76.5 Å². The molecule has 0 radical (unpaired) electrons. The highest BCUT2D eigenvalue weighted by Crippen LogP contribution is 2.45. The first kappa shape index (κ1) is 16.7. The van der Waals surface area contributed by atoms with Crippen LogP contribution in [0, 0.1) is 0 Å². The van der Waals surface area contributed by atoms with Gasteiger partial charge in [-0.05, 0) is 88.6 Å². The van der Waals surface area contributed by atoms with Gasteiger partial charge in [-0.3, -0.25) is 0 Å². The van der Waals surface area contributed by atoms with E-state index in [0.717, 1.165) is 43.8 Å². The first-order valence-electron chi connectivity index (χ1n) is 16.8. The third-order valence-electron chi connectivity index (χ3n) is 7.73. The zero-order valence-electron chi connectivity index (χ0n) is 28.5. The lowest BCUT2D eigenvalue weighted by Gasteiger charge is -2.19. The lowest BCUT2D eigenvalue weighted by molar-refractivity contribution is 1.63. The molecule has 0 atom stereocenters. The number of benzene rings is 8. The van der Waals surface area contributed by atoms with Crippen molar-refractivity contribution in [1.29, 1.82) is 0 Å². The molecule has 0 bridgehead atoms. The molecular weight excluding hydrogens is 480 g/mol. The summed E-state index contributed by atoms with van der Waals surface area (Å²) in [5.41, 5.74) is 5.04. The Balaban J connectivity index is 1.48. The molecule has 0 aromatic heterocycles. The van der Waals surface area contributed by atoms with Gasteiger partial charge in [0.1, 0.15) is 0 Å². The van der Waals surface area contributed by atoms with Gasteiger partial charge in [-0.1, -0.05) is 145 Å². The van der Waals surface area contributed by atoms with E-state index in [-0.39, 0.29) is 46.5 Å². The topological polar surface area (TPSA) is 0 Å². The van der Waals surface area contributed by atoms with Gasteiger partial charge in [0.15, 0.2) is 0 Å². The maximum absolute atomic E-state index is 9.14. The van der Waals surface area contributed by atoms with Crippen molar-refractivity contribution in [2.45, 2.75) is 0 Å². The Morgan fingerprint density at radius 1 is 0.350 bits per heavy atom. The largest absolute Gasteiger partial charge is 0.0629 e. The third kappa shape index (κ3) is 3.61. The third-order valence-corrected chi connectivity index (χ3v) is 7.73. The summed E-state index contributed by atoms with van der Waals surface area (Å²) in [6.45, 7) is 0. The Labute approximate surface area is 243 Å². The summed E-state index contributed by atoms with van der Waals surface area (Å²) in [6.07, 6.45) is 0. The lowest BCUT2D eigenvalue weighted by atomic mass is 9.84. The van der Waals surface area contributed by atoms with Crippen LogP contribution >= 0.6 is 0 Å². The Morgan fingerprint density at radius 2 is 0.950 bits per heavy atom. The smallest absolute Gasteiger partial charge is 0.0616 e. The van der Waals surface area contributed by atoms with E-state index in [1.165, 1.54) is 10.8 Å². The fourth-order valence-electron chi connectivity index (χ4n) is 5.93. The van der Waals surface area contributed by atoms with Crippen molar-refractivity contribution in [3.8, 4) is 33.4 Å². The highest BCUT2D eigenvalue weighted by molar-refractivity contribution is 6.23. The summed E-state index contributed by atoms with van der Waals surface area (Å²) >= 11 is 0. The summed E-state index contributed by atoms with van der Waals surface area (Å²) < 4.78 is 60.8. The van der Waals surface area contributed by atoms with E-state index < -0.39 is 12.1 Å². The zero-order valence-corrected chi connectivity index (χ0v) is 21.5. The van der Waals surface area contributed by atoms with Crippen LogP contribution in [0.5, 0.6) is 0 Å². The van der Waals surface area contributed by atoms with Crippen LogP contribution in [0.2, 0.25) is 0 Å². The molecule has 0 fully saturated rings. The highest BCUT2D eigenvalue weighted by Gasteiger charge is 2.18. The molecule has 8 rings (SSSR count). The van der Waals surface area contributed by atoms with Crippen molar-refractivity contribution in [2.24, 2.45) is 0 Å². The van der Waals surface area contributed by atoms with Crippen LogP contribution in [0.4, 0.5) is 0 Å². The molecule has 0 nitrogen and oxygen atoms in total. The quantitative estimate of drug-likeness (QED) is 0.206. The summed E-state index contributed by atoms with van der Waals surface area (Å²) in [5.74, 6) is 0. The van der Waals surface area contributed by atoms with Crippen molar-refractivity contribution in [3.63, 3.8) is 0 Å². The Kier molecular flexibility index (Phi) is 3.85. The maximum atomic E-state index is 9.14. The molecular formula is C40H26. The second-order valence-electron chi connectivity index (χ2n) is 9.98. The molecule has 0 aliphatic carbocycles. The van der Waals surface area contributed by atoms with E-state index in [1.54, 1.807) is 0 Å². The lowest BCUT2D eigenvalue weighted by Crippen LogP contribution is -1.92. The first-order chi connectivity index (χ1) is 22.8. The molecule has 0 spiro atoms. The summed E-state index contributed by atoms with van der Waals surface area (Å²) in [4.78, 5) is 0. The SMILES string of the molecule is [2H]c1c([2H])c([2H])c2c(-c3c4ccccc4c(-c4cccc(-c5ccc6ccccc6c5)c4)c4ccccc34)c([2H])c([2H])c([2H])c2c1[2H]. The van der Waals surface area contributed by atoms with Gasteiger partial charge in [-0.25, -0.2) is 0 Å². The molecule has 0 saturated heterocycles. The fraction of sp³-hybridized carbons (Fsp3) is 0. The van der Waals surface area contributed by atoms with E-state index in [2.05, 4.69) is 54.6 Å². The molecule has 40 heavy (non-hydrogen) atoms. The zero-order chi connectivity index (χ0) is 32.6. The van der Waals surface area contributed by atoms with Crippen LogP contribution in [0.15, 0.2) is 158 Å². The van der Waals surface area contributed by atoms with Gasteiger partial charge in [-0.15, -0.1) is 0 Å². The van der Waals surface area contributed by atoms with Crippen LogP contribution < -0.4 is 0 Å². The fourth-order valence-corrected chi connectivity index (χ4v) is 5.93. The van der Waals surface area contributed by atoms with Crippen molar-refractivity contribution < 1.29 is 9.60 Å². The number of fused-ring (bicyclic) bond motifs is 4. The predicted octanol–water partition coefficient (Wildman–Crippen LogP) is 11.3. The molecule has 0 heteroatoms. The normalized spacial score (nSPS) is 13.9. The predicted molar refractivity (Wildman–Crippen MR) is 173 cm³/mol. The molecule has 8 aromatic rings. The van der Waals surface area contributed by atoms with Gasteiger partial charge >= 0.3 is 0 Å². The molecule has 0 saturated carbocycles. The van der Waals surface area contributed by atoms with Crippen molar-refractivity contribution >= 4 is 43.1 Å². The molecule has 0 amide bonds. The van der Waals surface area contributed by atoms with Crippen molar-refractivity contribution in [1.82, 2.24) is 0 Å². The summed E-state index contributed by atoms with van der Waals surface area (Å²) in [7, 11) is 0. The molecule has 8 aromatic carbocycles. The molecule has 0 aliphatic rings. The minimum absolute atomic E-state index is 0.0488. The van der Waals surface area contributed by atoms with Gasteiger partial charge in [0, 0.05) is 0 Å². The molecule has 0 aliphatic heterocycles. The number of hydrogen-bond donors (Lipinski definition) is 0. The highest BCUT2D eigenvalue weighted by atomic mass is 14.2. The average molecular weight is 514 g/mol. The number of hydrogen-bond acceptors (Lipinski definition) is 0. The second-order valence-corrected chi connectivity index (χ2v) is 9.98. The summed E-state index contributed by atoms with van der Waals surface area (Å²) in [6, 6.07) is 36.4. The molecule has 0 heterocycles. The molecule has 0 unspecified atom stereocenters. The molecule has 0 N–H and O–H groups in total. The van der Waals surface area contributed by atoms with Gasteiger partial charge in [0.25, 0.3) is 0 Å². The van der Waals surface area contributed by atoms with Crippen molar-refractivity contribution in [2.75, 3.05) is 0 Å². The van der Waals surface area contributed by atoms with E-state index in [9.17, 15) is 0 Å².